The predicted molar refractivity (Wildman–Crippen MR) is 295 cm³/mol. The van der Waals surface area contributed by atoms with Gasteiger partial charge in [0.25, 0.3) is 0 Å². The molecule has 12 unspecified atom stereocenters. The van der Waals surface area contributed by atoms with Gasteiger partial charge < -0.3 is 65.1 Å². The summed E-state index contributed by atoms with van der Waals surface area (Å²) in [6, 6.07) is -0.919. The molecule has 0 saturated carbocycles. The molecule has 12 atom stereocenters. The molecule has 2 aliphatic rings. The summed E-state index contributed by atoms with van der Waals surface area (Å²) >= 11 is 0. The van der Waals surface area contributed by atoms with Gasteiger partial charge in [0.1, 0.15) is 48.8 Å². The number of hydrogen-bond acceptors (Lipinski definition) is 13. The Hall–Kier alpha value is -3.09. The maximum Gasteiger partial charge on any atom is 0.220 e. The highest BCUT2D eigenvalue weighted by Crippen LogP contribution is 2.30. The lowest BCUT2D eigenvalue weighted by Gasteiger charge is -2.46. The van der Waals surface area contributed by atoms with Crippen LogP contribution in [0.25, 0.3) is 0 Å². The van der Waals surface area contributed by atoms with Crippen LogP contribution in [0, 0.1) is 0 Å². The van der Waals surface area contributed by atoms with E-state index in [1.165, 1.54) is 51.4 Å². The van der Waals surface area contributed by atoms with Gasteiger partial charge in [-0.1, -0.05) is 195 Å². The van der Waals surface area contributed by atoms with Gasteiger partial charge in [-0.25, -0.2) is 0 Å². The van der Waals surface area contributed by atoms with Gasteiger partial charge in [0, 0.05) is 6.42 Å². The number of unbranched alkanes of at least 4 members (excludes halogenated alkanes) is 16. The summed E-state index contributed by atoms with van der Waals surface area (Å²) in [5, 5.41) is 86.5. The number of ether oxygens (including phenoxy) is 4. The first-order valence-electron chi connectivity index (χ1n) is 28.5. The summed E-state index contributed by atoms with van der Waals surface area (Å²) in [5.74, 6) is -0.252. The maximum absolute atomic E-state index is 13.2. The number of carbonyl (C=O) groups is 1. The summed E-state index contributed by atoms with van der Waals surface area (Å²) in [7, 11) is 0. The number of rotatable bonds is 43. The molecule has 424 valence electrons. The zero-order chi connectivity index (χ0) is 53.9. The van der Waals surface area contributed by atoms with Crippen LogP contribution < -0.4 is 5.32 Å². The van der Waals surface area contributed by atoms with Crippen molar-refractivity contribution in [1.29, 1.82) is 0 Å². The van der Waals surface area contributed by atoms with Gasteiger partial charge in [0.05, 0.1) is 32.0 Å². The van der Waals surface area contributed by atoms with E-state index in [1.54, 1.807) is 6.08 Å². The van der Waals surface area contributed by atoms with Gasteiger partial charge in [0.15, 0.2) is 12.6 Å². The second-order valence-electron chi connectivity index (χ2n) is 19.7. The van der Waals surface area contributed by atoms with Gasteiger partial charge in [-0.2, -0.15) is 0 Å². The fourth-order valence-electron chi connectivity index (χ4n) is 8.68. The van der Waals surface area contributed by atoms with E-state index >= 15 is 0 Å². The average molecular weight is 1040 g/mol. The first kappa shape index (κ1) is 67.0. The summed E-state index contributed by atoms with van der Waals surface area (Å²) in [4.78, 5) is 13.2. The zero-order valence-corrected chi connectivity index (χ0v) is 45.3. The number of allylic oxidation sites excluding steroid dienone is 15. The quantitative estimate of drug-likeness (QED) is 0.0205. The molecule has 74 heavy (non-hydrogen) atoms. The minimum Gasteiger partial charge on any atom is -0.394 e. The van der Waals surface area contributed by atoms with Crippen molar-refractivity contribution in [2.24, 2.45) is 0 Å². The van der Waals surface area contributed by atoms with Gasteiger partial charge in [-0.15, -0.1) is 0 Å². The number of amides is 1. The number of nitrogens with one attached hydrogen (secondary N) is 1. The van der Waals surface area contributed by atoms with E-state index in [4.69, 9.17) is 18.9 Å². The number of hydrogen-bond donors (Lipinski definition) is 9. The number of carbonyl (C=O) groups excluding carboxylic acids is 1. The molecule has 14 heteroatoms. The Bertz CT molecular complexity index is 1610. The third-order valence-electron chi connectivity index (χ3n) is 13.3. The Morgan fingerprint density at radius 1 is 0.500 bits per heavy atom. The monoisotopic (exact) mass is 1040 g/mol. The lowest BCUT2D eigenvalue weighted by atomic mass is 9.97. The Morgan fingerprint density at radius 2 is 0.932 bits per heavy atom. The van der Waals surface area contributed by atoms with Crippen LogP contribution in [0.3, 0.4) is 0 Å². The van der Waals surface area contributed by atoms with Crippen LogP contribution in [0.1, 0.15) is 181 Å². The SMILES string of the molecule is CC/C=C\C/C=C\C/C=C\C/C=C\C/C=C\C/C=C\C/C=C\CCCCCCCCCCCCCC(=O)NC(COC1OC(CO)C(OC2OC(CO)C(O)C(O)C2O)C(O)C1O)C(O)/C=C/CCCCCCC. The molecule has 2 rings (SSSR count). The Labute approximate surface area is 445 Å². The second-order valence-corrected chi connectivity index (χ2v) is 19.7. The molecule has 2 heterocycles. The normalized spacial score (nSPS) is 26.0. The van der Waals surface area contributed by atoms with Crippen LogP contribution in [0.5, 0.6) is 0 Å². The van der Waals surface area contributed by atoms with Crippen LogP contribution >= 0.6 is 0 Å². The first-order chi connectivity index (χ1) is 36.1. The third kappa shape index (κ3) is 30.6. The van der Waals surface area contributed by atoms with Crippen molar-refractivity contribution in [2.45, 2.75) is 254 Å². The van der Waals surface area contributed by atoms with E-state index in [9.17, 15) is 45.6 Å². The van der Waals surface area contributed by atoms with Crippen LogP contribution in [0.2, 0.25) is 0 Å². The molecule has 0 radical (unpaired) electrons. The summed E-state index contributed by atoms with van der Waals surface area (Å²) in [6.45, 7) is 2.58. The fourth-order valence-corrected chi connectivity index (χ4v) is 8.68. The standard InChI is InChI=1S/C60H101NO13/c1-3-5-7-9-11-12-13-14-15-16-17-18-19-20-21-22-23-24-25-26-27-28-29-30-31-32-33-34-35-36-38-40-42-44-52(65)61-48(49(64)43-41-39-37-10-8-6-4-2)47-71-59-57(70)55(68)58(51(46-63)73-59)74-60-56(69)54(67)53(66)50(45-62)72-60/h5,7,11-12,14-15,17-18,20-21,23-24,26-27,41,43,48-51,53-60,62-64,66-70H,3-4,6,8-10,13,16,19,22,25,28-40,42,44-47H2,1-2H3,(H,61,65)/b7-5-,12-11-,15-14-,18-17-,21-20-,24-23-,27-26-,43-41+. The second kappa shape index (κ2) is 45.0. The van der Waals surface area contributed by atoms with Crippen molar-refractivity contribution in [3.05, 3.63) is 97.2 Å². The third-order valence-corrected chi connectivity index (χ3v) is 13.3. The molecule has 2 saturated heterocycles. The molecule has 0 aliphatic carbocycles. The first-order valence-corrected chi connectivity index (χ1v) is 28.5. The summed E-state index contributed by atoms with van der Waals surface area (Å²) in [6.07, 6.45) is 44.9. The highest BCUT2D eigenvalue weighted by atomic mass is 16.7. The number of aliphatic hydroxyl groups excluding tert-OH is 8. The van der Waals surface area contributed by atoms with E-state index in [1.807, 2.05) is 6.08 Å². The van der Waals surface area contributed by atoms with Crippen molar-refractivity contribution in [1.82, 2.24) is 5.32 Å². The molecule has 2 fully saturated rings. The molecule has 14 nitrogen and oxygen atoms in total. The Balaban J connectivity index is 1.62. The van der Waals surface area contributed by atoms with Crippen LogP contribution in [0.15, 0.2) is 97.2 Å². The van der Waals surface area contributed by atoms with E-state index in [0.717, 1.165) is 103 Å². The summed E-state index contributed by atoms with van der Waals surface area (Å²) in [5.41, 5.74) is 0. The Morgan fingerprint density at radius 3 is 1.43 bits per heavy atom. The van der Waals surface area contributed by atoms with Crippen molar-refractivity contribution >= 4 is 5.91 Å². The molecule has 9 N–H and O–H groups in total. The van der Waals surface area contributed by atoms with Crippen LogP contribution in [-0.2, 0) is 23.7 Å². The topological polar surface area (TPSA) is 228 Å². The van der Waals surface area contributed by atoms with Crippen molar-refractivity contribution in [3.63, 3.8) is 0 Å². The average Bonchev–Trinajstić information content (AvgIpc) is 3.40. The molecule has 0 aromatic rings. The Kier molecular flexibility index (Phi) is 40.7. The lowest BCUT2D eigenvalue weighted by molar-refractivity contribution is -0.359. The smallest absolute Gasteiger partial charge is 0.220 e. The molecule has 0 spiro atoms. The van der Waals surface area contributed by atoms with Gasteiger partial charge in [-0.05, 0) is 77.0 Å². The number of aliphatic hydroxyl groups is 8. The lowest BCUT2D eigenvalue weighted by Crippen LogP contribution is -2.65. The largest absolute Gasteiger partial charge is 0.394 e. The van der Waals surface area contributed by atoms with Crippen molar-refractivity contribution in [2.75, 3.05) is 19.8 Å². The van der Waals surface area contributed by atoms with Crippen molar-refractivity contribution < 1.29 is 64.6 Å². The van der Waals surface area contributed by atoms with E-state index in [2.05, 4.69) is 104 Å². The van der Waals surface area contributed by atoms with E-state index in [0.29, 0.717) is 6.42 Å². The van der Waals surface area contributed by atoms with Gasteiger partial charge >= 0.3 is 0 Å². The zero-order valence-electron chi connectivity index (χ0n) is 45.3. The van der Waals surface area contributed by atoms with Crippen LogP contribution in [-0.4, -0.2) is 140 Å². The van der Waals surface area contributed by atoms with Crippen molar-refractivity contribution in [3.8, 4) is 0 Å². The van der Waals surface area contributed by atoms with E-state index < -0.39 is 86.8 Å². The molecule has 0 aromatic heterocycles. The van der Waals surface area contributed by atoms with E-state index in [-0.39, 0.29) is 18.9 Å². The minimum absolute atomic E-state index is 0.252. The highest BCUT2D eigenvalue weighted by molar-refractivity contribution is 5.76. The highest BCUT2D eigenvalue weighted by Gasteiger charge is 2.51. The summed E-state index contributed by atoms with van der Waals surface area (Å²) < 4.78 is 22.6. The maximum atomic E-state index is 13.2. The fraction of sp³-hybridized carbons (Fsp3) is 0.717. The van der Waals surface area contributed by atoms with Crippen LogP contribution in [0.4, 0.5) is 0 Å². The predicted octanol–water partition coefficient (Wildman–Crippen LogP) is 9.10. The van der Waals surface area contributed by atoms with Gasteiger partial charge in [0.2, 0.25) is 5.91 Å². The minimum atomic E-state index is -1.79. The molecular formula is C60H101NO13. The molecule has 0 bridgehead atoms. The molecular weight excluding hydrogens is 943 g/mol. The molecule has 2 aliphatic heterocycles. The molecule has 0 aromatic carbocycles. The molecule has 1 amide bonds. The van der Waals surface area contributed by atoms with Gasteiger partial charge in [-0.3, -0.25) is 4.79 Å².